The molecule has 212 valence electrons. The van der Waals surface area contributed by atoms with Gasteiger partial charge in [0.1, 0.15) is 5.92 Å². The summed E-state index contributed by atoms with van der Waals surface area (Å²) in [5, 5.41) is 52.1. The highest BCUT2D eigenvalue weighted by molar-refractivity contribution is 6.72. The second kappa shape index (κ2) is 9.16. The average Bonchev–Trinajstić information content (AvgIpc) is 3.24. The maximum atomic E-state index is 14.0. The fraction of sp³-hybridized carbons (Fsp3) is 0.226. The van der Waals surface area contributed by atoms with E-state index >= 15 is 0 Å². The number of aliphatic hydroxyl groups excluding tert-OH is 4. The van der Waals surface area contributed by atoms with E-state index in [1.165, 1.54) is 0 Å². The fourth-order valence-corrected chi connectivity index (χ4v) is 6.32. The van der Waals surface area contributed by atoms with Crippen molar-refractivity contribution in [2.24, 2.45) is 4.99 Å². The van der Waals surface area contributed by atoms with Crippen molar-refractivity contribution in [1.82, 2.24) is 0 Å². The molecule has 1 fully saturated rings. The Bertz CT molecular complexity index is 1980. The van der Waals surface area contributed by atoms with Crippen LogP contribution in [0.2, 0.25) is 0 Å². The molecule has 42 heavy (non-hydrogen) atoms. The van der Waals surface area contributed by atoms with Gasteiger partial charge in [-0.1, -0.05) is 36.4 Å². The molecule has 0 bridgehead atoms. The van der Waals surface area contributed by atoms with Crippen LogP contribution in [0.5, 0.6) is 0 Å². The monoisotopic (exact) mass is 566 g/mol. The Morgan fingerprint density at radius 3 is 1.98 bits per heavy atom. The van der Waals surface area contributed by atoms with Crippen LogP contribution in [0.25, 0.3) is 27.1 Å². The van der Waals surface area contributed by atoms with Gasteiger partial charge in [0.15, 0.2) is 17.1 Å². The van der Waals surface area contributed by atoms with Crippen LogP contribution in [0.3, 0.4) is 0 Å². The number of benzene rings is 4. The van der Waals surface area contributed by atoms with E-state index in [2.05, 4.69) is 20.9 Å². The summed E-state index contributed by atoms with van der Waals surface area (Å²) >= 11 is 0. The lowest BCUT2D eigenvalue weighted by Gasteiger charge is -2.39. The highest BCUT2D eigenvalue weighted by Gasteiger charge is 2.47. The smallest absolute Gasteiger partial charge is 0.233 e. The number of rotatable bonds is 5. The Morgan fingerprint density at radius 2 is 1.31 bits per heavy atom. The summed E-state index contributed by atoms with van der Waals surface area (Å²) in [5.41, 5.74) is -0.568. The van der Waals surface area contributed by atoms with E-state index in [1.54, 1.807) is 60.7 Å². The van der Waals surface area contributed by atoms with Gasteiger partial charge in [0.2, 0.25) is 11.6 Å². The van der Waals surface area contributed by atoms with Crippen LogP contribution < -0.4 is 26.5 Å². The molecule has 3 aliphatic rings. The first kappa shape index (κ1) is 26.2. The Balaban J connectivity index is 1.42. The van der Waals surface area contributed by atoms with Gasteiger partial charge in [-0.2, -0.15) is 0 Å². The van der Waals surface area contributed by atoms with Crippen LogP contribution in [-0.4, -0.2) is 75.5 Å². The summed E-state index contributed by atoms with van der Waals surface area (Å²) in [6, 6.07) is 17.0. The highest BCUT2D eigenvalue weighted by Crippen LogP contribution is 2.43. The molecule has 0 radical (unpaired) electrons. The summed E-state index contributed by atoms with van der Waals surface area (Å²) in [5.74, 6) is -3.65. The van der Waals surface area contributed by atoms with E-state index in [4.69, 9.17) is 0 Å². The first-order valence-corrected chi connectivity index (χ1v) is 13.4. The van der Waals surface area contributed by atoms with E-state index in [1.807, 2.05) is 0 Å². The molecule has 7 rings (SSSR count). The summed E-state index contributed by atoms with van der Waals surface area (Å²) in [4.78, 5) is 45.6. The number of Topliss-reactive ketones (excluding diaryl/α,β-unsaturated/α-hetero) is 3. The molecule has 4 aromatic carbocycles. The normalized spacial score (nSPS) is 21.1. The first-order valence-electron chi connectivity index (χ1n) is 13.4. The molecule has 11 nitrogen and oxygen atoms in total. The van der Waals surface area contributed by atoms with Crippen LogP contribution in [0.4, 0.5) is 17.1 Å². The molecular formula is C31H26N4O7. The quantitative estimate of drug-likeness (QED) is 0.127. The molecule has 2 aliphatic heterocycles. The lowest BCUT2D eigenvalue weighted by molar-refractivity contribution is -0.133. The number of hydrogen-bond donors (Lipinski definition) is 7. The van der Waals surface area contributed by atoms with Crippen molar-refractivity contribution in [2.75, 3.05) is 42.4 Å². The molecule has 0 saturated heterocycles. The molecular weight excluding hydrogens is 540 g/mol. The number of nitrogens with zero attached hydrogens (tertiary/aromatic N) is 1. The number of ketones is 3. The van der Waals surface area contributed by atoms with Crippen molar-refractivity contribution in [1.29, 1.82) is 0 Å². The topological polar surface area (TPSA) is 181 Å². The van der Waals surface area contributed by atoms with Gasteiger partial charge in [-0.05, 0) is 45.8 Å². The number of hydrogen-bond acceptors (Lipinski definition) is 11. The molecule has 7 N–H and O–H groups in total. The standard InChI is InChI=1S/C31H26N4O7/c36-11-30(12-37)32-19-5-1-3-15-17(7-9-21(34-30)23(15)19)25-27(40)26(29(42)28(25)41)18-8-10-22-24-16(18)4-2-6-20(24)33-31(13-38,14-39)35-22/h1-10,25,32-34,36-39H,11-14H2. The molecule has 4 aromatic rings. The number of nitrogens with one attached hydrogen (secondary N) is 3. The van der Waals surface area contributed by atoms with Gasteiger partial charge in [-0.3, -0.25) is 19.4 Å². The van der Waals surface area contributed by atoms with E-state index in [-0.39, 0.29) is 5.57 Å². The van der Waals surface area contributed by atoms with Crippen molar-refractivity contribution in [3.05, 3.63) is 76.8 Å². The largest absolute Gasteiger partial charge is 0.392 e. The lowest BCUT2D eigenvalue weighted by Crippen LogP contribution is -2.54. The van der Waals surface area contributed by atoms with Gasteiger partial charge in [-0.15, -0.1) is 0 Å². The van der Waals surface area contributed by atoms with Gasteiger partial charge < -0.3 is 36.4 Å². The van der Waals surface area contributed by atoms with Gasteiger partial charge >= 0.3 is 0 Å². The molecule has 11 heteroatoms. The highest BCUT2D eigenvalue weighted by atomic mass is 16.3. The van der Waals surface area contributed by atoms with Crippen molar-refractivity contribution >= 4 is 61.5 Å². The Kier molecular flexibility index (Phi) is 5.72. The van der Waals surface area contributed by atoms with Gasteiger partial charge in [0, 0.05) is 27.8 Å². The molecule has 1 saturated carbocycles. The van der Waals surface area contributed by atoms with Gasteiger partial charge in [-0.25, -0.2) is 0 Å². The summed E-state index contributed by atoms with van der Waals surface area (Å²) in [6.45, 7) is -1.70. The third-order valence-corrected chi connectivity index (χ3v) is 8.41. The van der Waals surface area contributed by atoms with Crippen LogP contribution in [0, 0.1) is 0 Å². The number of carbonyl (C=O) groups excluding carboxylic acids is 3. The van der Waals surface area contributed by atoms with Crippen molar-refractivity contribution in [3.63, 3.8) is 0 Å². The number of aliphatic hydroxyl groups is 4. The molecule has 0 spiro atoms. The zero-order valence-electron chi connectivity index (χ0n) is 22.1. The van der Waals surface area contributed by atoms with Crippen LogP contribution in [0.15, 0.2) is 65.7 Å². The third-order valence-electron chi connectivity index (χ3n) is 8.41. The molecule has 0 amide bonds. The molecule has 2 heterocycles. The average molecular weight is 567 g/mol. The van der Waals surface area contributed by atoms with E-state index in [0.717, 1.165) is 0 Å². The maximum absolute atomic E-state index is 14.0. The summed E-state index contributed by atoms with van der Waals surface area (Å²) in [6.07, 6.45) is 0. The van der Waals surface area contributed by atoms with Crippen LogP contribution in [0.1, 0.15) is 11.5 Å². The molecule has 1 atom stereocenters. The van der Waals surface area contributed by atoms with Crippen LogP contribution >= 0.6 is 0 Å². The minimum Gasteiger partial charge on any atom is -0.392 e. The zero-order chi connectivity index (χ0) is 29.4. The van der Waals surface area contributed by atoms with Crippen molar-refractivity contribution in [3.8, 4) is 0 Å². The maximum Gasteiger partial charge on any atom is 0.233 e. The predicted molar refractivity (Wildman–Crippen MR) is 155 cm³/mol. The minimum atomic E-state index is -1.34. The van der Waals surface area contributed by atoms with Crippen molar-refractivity contribution < 1.29 is 34.8 Å². The number of anilines is 3. The van der Waals surface area contributed by atoms with Gasteiger partial charge in [0.25, 0.3) is 0 Å². The Labute approximate surface area is 237 Å². The SMILES string of the molecule is O=C1C(=O)C(c2ccc3c4c(cccc24)NC(CO)(CO)N3)C(=O)C1=c1ccc2c3c(cccc13)NC(CO)(CO)N=2. The van der Waals surface area contributed by atoms with E-state index in [0.29, 0.717) is 54.7 Å². The summed E-state index contributed by atoms with van der Waals surface area (Å²) < 4.78 is 0. The first-order chi connectivity index (χ1) is 20.3. The third kappa shape index (κ3) is 3.48. The zero-order valence-corrected chi connectivity index (χ0v) is 22.1. The number of carbonyl (C=O) groups is 3. The van der Waals surface area contributed by atoms with E-state index < -0.39 is 61.0 Å². The predicted octanol–water partition coefficient (Wildman–Crippen LogP) is -0.107. The summed E-state index contributed by atoms with van der Waals surface area (Å²) in [7, 11) is 0. The van der Waals surface area contributed by atoms with Crippen molar-refractivity contribution in [2.45, 2.75) is 17.2 Å². The Morgan fingerprint density at radius 1 is 0.667 bits per heavy atom. The van der Waals surface area contributed by atoms with Gasteiger partial charge in [0.05, 0.1) is 37.4 Å². The minimum absolute atomic E-state index is 0.203. The second-order valence-corrected chi connectivity index (χ2v) is 10.9. The lowest BCUT2D eigenvalue weighted by atomic mass is 9.88. The van der Waals surface area contributed by atoms with Crippen LogP contribution in [-0.2, 0) is 14.4 Å². The second-order valence-electron chi connectivity index (χ2n) is 10.9. The molecule has 1 aliphatic carbocycles. The Hall–Kier alpha value is -4.68. The molecule has 0 aromatic heterocycles. The van der Waals surface area contributed by atoms with E-state index in [9.17, 15) is 34.8 Å². The fourth-order valence-electron chi connectivity index (χ4n) is 6.32. The molecule has 1 unspecified atom stereocenters.